The van der Waals surface area contributed by atoms with Crippen molar-refractivity contribution in [1.29, 1.82) is 5.41 Å². The maximum Gasteiger partial charge on any atom is 0.404 e. The molecule has 0 bridgehead atoms. The number of nitrogens with one attached hydrogen (secondary N) is 4. The Morgan fingerprint density at radius 3 is 2.55 bits per heavy atom. The fraction of sp³-hybridized carbons (Fsp3) is 0.857. The van der Waals surface area contributed by atoms with Crippen molar-refractivity contribution in [2.75, 3.05) is 13.1 Å². The minimum absolute atomic E-state index is 0.0214. The molecule has 5 rings (SSSR count). The first-order chi connectivity index (χ1) is 18.1. The van der Waals surface area contributed by atoms with Gasteiger partial charge >= 0.3 is 6.18 Å². The summed E-state index contributed by atoms with van der Waals surface area (Å²) in [6.07, 6.45) is 6.97. The lowest BCUT2D eigenvalue weighted by atomic mass is 9.66. The molecule has 4 N–H and O–H groups in total. The van der Waals surface area contributed by atoms with Crippen molar-refractivity contribution in [2.24, 2.45) is 42.6 Å². The molecule has 2 aliphatic heterocycles. The molecule has 214 valence electrons. The number of carbonyl (C=O) groups excluding carboxylic acids is 1. The van der Waals surface area contributed by atoms with Crippen molar-refractivity contribution in [2.45, 2.75) is 95.6 Å². The zero-order valence-electron chi connectivity index (χ0n) is 22.8. The minimum atomic E-state index is -4.29. The normalized spacial score (nSPS) is 35.6. The highest BCUT2D eigenvalue weighted by atomic mass is 19.4. The van der Waals surface area contributed by atoms with Crippen LogP contribution in [0.5, 0.6) is 0 Å². The number of hydrogen-bond donors (Lipinski definition) is 4. The van der Waals surface area contributed by atoms with E-state index in [1.165, 1.54) is 0 Å². The van der Waals surface area contributed by atoms with Crippen LogP contribution >= 0.6 is 0 Å². The molecule has 4 aliphatic rings. The summed E-state index contributed by atoms with van der Waals surface area (Å²) < 4.78 is 45.7. The SMILES string of the molecule is CC1CCNC(C(NC(=O)C2CC(Cn3ccn(C)c3=N)CC(C3CCCNC3C(F)(F)F)C2)C2CC2)C1. The van der Waals surface area contributed by atoms with Crippen molar-refractivity contribution in [3.8, 4) is 0 Å². The molecule has 0 radical (unpaired) electrons. The largest absolute Gasteiger partial charge is 0.404 e. The molecular formula is C28H45F3N6O. The first-order valence-corrected chi connectivity index (χ1v) is 14.7. The van der Waals surface area contributed by atoms with Crippen molar-refractivity contribution in [1.82, 2.24) is 25.1 Å². The summed E-state index contributed by atoms with van der Waals surface area (Å²) in [7, 11) is 1.82. The Morgan fingerprint density at radius 2 is 1.89 bits per heavy atom. The average molecular weight is 539 g/mol. The Kier molecular flexibility index (Phi) is 8.29. The highest BCUT2D eigenvalue weighted by Gasteiger charge is 2.50. The molecule has 2 aliphatic carbocycles. The van der Waals surface area contributed by atoms with Crippen LogP contribution in [0.25, 0.3) is 0 Å². The summed E-state index contributed by atoms with van der Waals surface area (Å²) >= 11 is 0. The van der Waals surface area contributed by atoms with Crippen LogP contribution in [0.2, 0.25) is 0 Å². The molecule has 10 heteroatoms. The predicted octanol–water partition coefficient (Wildman–Crippen LogP) is 3.55. The Labute approximate surface area is 223 Å². The number of aryl methyl sites for hydroxylation is 1. The van der Waals surface area contributed by atoms with E-state index in [4.69, 9.17) is 5.41 Å². The lowest BCUT2D eigenvalue weighted by molar-refractivity contribution is -0.179. The van der Waals surface area contributed by atoms with Gasteiger partial charge in [-0.2, -0.15) is 13.2 Å². The number of hydrogen-bond acceptors (Lipinski definition) is 4. The summed E-state index contributed by atoms with van der Waals surface area (Å²) in [5.74, 6) is 0.225. The van der Waals surface area contributed by atoms with Gasteiger partial charge in [0, 0.05) is 44.0 Å². The second kappa shape index (κ2) is 11.4. The quantitative estimate of drug-likeness (QED) is 0.428. The number of halogens is 3. The van der Waals surface area contributed by atoms with Gasteiger partial charge < -0.3 is 25.1 Å². The molecule has 1 amide bonds. The van der Waals surface area contributed by atoms with Gasteiger partial charge in [-0.25, -0.2) is 0 Å². The molecule has 8 unspecified atom stereocenters. The summed E-state index contributed by atoms with van der Waals surface area (Å²) in [5.41, 5.74) is 0.368. The van der Waals surface area contributed by atoms with E-state index < -0.39 is 18.1 Å². The van der Waals surface area contributed by atoms with E-state index >= 15 is 0 Å². The Hall–Kier alpha value is -1.81. The maximum absolute atomic E-state index is 14.0. The van der Waals surface area contributed by atoms with Crippen molar-refractivity contribution < 1.29 is 18.0 Å². The van der Waals surface area contributed by atoms with Crippen LogP contribution in [-0.4, -0.2) is 52.4 Å². The molecule has 38 heavy (non-hydrogen) atoms. The molecular weight excluding hydrogens is 493 g/mol. The number of aromatic nitrogens is 2. The summed E-state index contributed by atoms with van der Waals surface area (Å²) in [6, 6.07) is -1.13. The molecule has 7 nitrogen and oxygen atoms in total. The van der Waals surface area contributed by atoms with E-state index in [0.717, 1.165) is 38.6 Å². The summed E-state index contributed by atoms with van der Waals surface area (Å²) in [5, 5.41) is 18.2. The molecule has 4 fully saturated rings. The van der Waals surface area contributed by atoms with Crippen molar-refractivity contribution >= 4 is 5.91 Å². The van der Waals surface area contributed by atoms with Crippen LogP contribution in [0.4, 0.5) is 13.2 Å². The molecule has 3 heterocycles. The lowest BCUT2D eigenvalue weighted by Gasteiger charge is -2.44. The van der Waals surface area contributed by atoms with Gasteiger partial charge in [0.05, 0.1) is 0 Å². The van der Waals surface area contributed by atoms with Crippen LogP contribution in [0.15, 0.2) is 12.4 Å². The van der Waals surface area contributed by atoms with Crippen LogP contribution < -0.4 is 21.6 Å². The second-order valence-corrected chi connectivity index (χ2v) is 12.8. The fourth-order valence-corrected chi connectivity index (χ4v) is 7.63. The lowest BCUT2D eigenvalue weighted by Crippen LogP contribution is -2.56. The maximum atomic E-state index is 14.0. The number of piperidine rings is 2. The number of carbonyl (C=O) groups is 1. The second-order valence-electron chi connectivity index (χ2n) is 12.8. The molecule has 2 saturated carbocycles. The first kappa shape index (κ1) is 27.7. The van der Waals surface area contributed by atoms with E-state index in [-0.39, 0.29) is 35.7 Å². The highest BCUT2D eigenvalue weighted by molar-refractivity contribution is 5.79. The molecule has 1 aromatic heterocycles. The number of rotatable bonds is 7. The highest BCUT2D eigenvalue weighted by Crippen LogP contribution is 2.45. The van der Waals surface area contributed by atoms with E-state index in [9.17, 15) is 18.0 Å². The van der Waals surface area contributed by atoms with Crippen molar-refractivity contribution in [3.05, 3.63) is 18.0 Å². The van der Waals surface area contributed by atoms with E-state index in [1.807, 2.05) is 24.0 Å². The number of amides is 1. The van der Waals surface area contributed by atoms with Gasteiger partial charge in [0.1, 0.15) is 6.04 Å². The zero-order valence-corrected chi connectivity index (χ0v) is 22.8. The summed E-state index contributed by atoms with van der Waals surface area (Å²) in [6.45, 7) is 4.19. The topological polar surface area (TPSA) is 86.9 Å². The molecule has 2 saturated heterocycles. The fourth-order valence-electron chi connectivity index (χ4n) is 7.63. The van der Waals surface area contributed by atoms with E-state index in [2.05, 4.69) is 22.9 Å². The van der Waals surface area contributed by atoms with E-state index in [0.29, 0.717) is 56.2 Å². The standard InChI is InChI=1S/C28H45F3N6O/c1-17-7-9-33-23(12-17)24(19-5-6-19)35-26(38)21-14-18(16-37-11-10-36(2)27(37)32)13-20(15-21)22-4-3-8-34-25(22)28(29,30)31/h10-11,17-25,32-34H,3-9,12-16H2,1-2H3,(H,35,38). The van der Waals surface area contributed by atoms with Gasteiger partial charge in [-0.05, 0) is 100 Å². The predicted molar refractivity (Wildman–Crippen MR) is 139 cm³/mol. The van der Waals surface area contributed by atoms with Gasteiger partial charge in [-0.3, -0.25) is 10.2 Å². The first-order valence-electron chi connectivity index (χ1n) is 14.7. The average Bonchev–Trinajstić information content (AvgIpc) is 3.68. The molecule has 0 aromatic carbocycles. The van der Waals surface area contributed by atoms with Crippen LogP contribution in [-0.2, 0) is 18.4 Å². The van der Waals surface area contributed by atoms with Crippen LogP contribution in [0.3, 0.4) is 0 Å². The van der Waals surface area contributed by atoms with Crippen molar-refractivity contribution in [3.63, 3.8) is 0 Å². The Bertz CT molecular complexity index is 1020. The zero-order chi connectivity index (χ0) is 27.0. The molecule has 0 spiro atoms. The Morgan fingerprint density at radius 1 is 1.11 bits per heavy atom. The van der Waals surface area contributed by atoms with Gasteiger partial charge in [0.15, 0.2) is 0 Å². The van der Waals surface area contributed by atoms with Crippen LogP contribution in [0, 0.1) is 40.9 Å². The third-order valence-corrected chi connectivity index (χ3v) is 9.78. The van der Waals surface area contributed by atoms with Gasteiger partial charge in [-0.15, -0.1) is 0 Å². The monoisotopic (exact) mass is 538 g/mol. The van der Waals surface area contributed by atoms with Crippen LogP contribution in [0.1, 0.15) is 64.7 Å². The Balaban J connectivity index is 1.35. The minimum Gasteiger partial charge on any atom is -0.351 e. The third-order valence-electron chi connectivity index (χ3n) is 9.78. The number of nitrogens with zero attached hydrogens (tertiary/aromatic N) is 2. The van der Waals surface area contributed by atoms with Gasteiger partial charge in [0.2, 0.25) is 11.5 Å². The summed E-state index contributed by atoms with van der Waals surface area (Å²) in [4.78, 5) is 13.8. The van der Waals surface area contributed by atoms with Gasteiger partial charge in [0.25, 0.3) is 0 Å². The third kappa shape index (κ3) is 6.32. The smallest absolute Gasteiger partial charge is 0.351 e. The van der Waals surface area contributed by atoms with Gasteiger partial charge in [-0.1, -0.05) is 6.92 Å². The molecule has 8 atom stereocenters. The van der Waals surface area contributed by atoms with E-state index in [1.54, 1.807) is 4.57 Å². The number of alkyl halides is 3. The number of imidazole rings is 1. The molecule has 1 aromatic rings.